The van der Waals surface area contributed by atoms with E-state index in [0.29, 0.717) is 12.5 Å². The Balaban J connectivity index is 1.41. The van der Waals surface area contributed by atoms with Gasteiger partial charge in [-0.1, -0.05) is 0 Å². The average molecular weight is 366 g/mol. The van der Waals surface area contributed by atoms with Gasteiger partial charge in [0.1, 0.15) is 24.7 Å². The molecule has 0 spiro atoms. The molecule has 0 bridgehead atoms. The zero-order chi connectivity index (χ0) is 18.5. The van der Waals surface area contributed by atoms with Crippen LogP contribution in [0.1, 0.15) is 30.9 Å². The Morgan fingerprint density at radius 2 is 1.96 bits per heavy atom. The van der Waals surface area contributed by atoms with Gasteiger partial charge in [-0.3, -0.25) is 4.79 Å². The summed E-state index contributed by atoms with van der Waals surface area (Å²) in [5.41, 5.74) is 1.97. The number of carbonyl (C=O) groups is 1. The smallest absolute Gasteiger partial charge is 0.209 e. The quantitative estimate of drug-likeness (QED) is 0.470. The van der Waals surface area contributed by atoms with Crippen molar-refractivity contribution in [2.24, 2.45) is 0 Å². The number of likely N-dealkylation sites (tertiary alicyclic amines) is 1. The molecule has 8 heteroatoms. The molecule has 2 aromatic heterocycles. The van der Waals surface area contributed by atoms with Crippen LogP contribution in [0.25, 0.3) is 10.9 Å². The first-order chi connectivity index (χ1) is 13.3. The van der Waals surface area contributed by atoms with Crippen LogP contribution in [-0.4, -0.2) is 55.7 Å². The molecular formula is C19H22N6O2. The molecule has 1 aliphatic heterocycles. The summed E-state index contributed by atoms with van der Waals surface area (Å²) in [6.45, 7) is 3.01. The lowest BCUT2D eigenvalue weighted by molar-refractivity contribution is -0.119. The highest BCUT2D eigenvalue weighted by atomic mass is 16.5. The predicted molar refractivity (Wildman–Crippen MR) is 99.3 cm³/mol. The van der Waals surface area contributed by atoms with E-state index in [0.717, 1.165) is 67.7 Å². The third-order valence-corrected chi connectivity index (χ3v) is 5.00. The minimum atomic E-state index is 0.363. The fourth-order valence-electron chi connectivity index (χ4n) is 3.53. The molecule has 0 aliphatic carbocycles. The van der Waals surface area contributed by atoms with Crippen LogP contribution in [0.15, 0.2) is 37.2 Å². The maximum atomic E-state index is 10.9. The number of aromatic nitrogens is 5. The molecule has 1 amide bonds. The number of fused-ring (bicyclic) bond motifs is 1. The summed E-state index contributed by atoms with van der Waals surface area (Å²) < 4.78 is 7.80. The largest absolute Gasteiger partial charge is 0.493 e. The summed E-state index contributed by atoms with van der Waals surface area (Å²) in [6.07, 6.45) is 8.71. The lowest BCUT2D eigenvalue weighted by Crippen LogP contribution is -2.31. The Kier molecular flexibility index (Phi) is 5.22. The molecule has 1 aliphatic rings. The normalized spacial score (nSPS) is 15.2. The number of hydrogen-bond donors (Lipinski definition) is 0. The van der Waals surface area contributed by atoms with Crippen LogP contribution in [0.4, 0.5) is 0 Å². The Morgan fingerprint density at radius 1 is 1.15 bits per heavy atom. The van der Waals surface area contributed by atoms with Gasteiger partial charge >= 0.3 is 0 Å². The van der Waals surface area contributed by atoms with Crippen molar-refractivity contribution < 1.29 is 9.53 Å². The first-order valence-corrected chi connectivity index (χ1v) is 9.22. The molecule has 140 valence electrons. The second kappa shape index (κ2) is 8.11. The third kappa shape index (κ3) is 4.05. The zero-order valence-electron chi connectivity index (χ0n) is 15.1. The van der Waals surface area contributed by atoms with Gasteiger partial charge < -0.3 is 14.2 Å². The Labute approximate surface area is 157 Å². The van der Waals surface area contributed by atoms with Gasteiger partial charge in [0.05, 0.1) is 17.8 Å². The Hall–Kier alpha value is -3.03. The van der Waals surface area contributed by atoms with Gasteiger partial charge in [0.25, 0.3) is 0 Å². The average Bonchev–Trinajstić information content (AvgIpc) is 3.24. The van der Waals surface area contributed by atoms with Crippen molar-refractivity contribution in [2.45, 2.75) is 31.7 Å². The van der Waals surface area contributed by atoms with E-state index < -0.39 is 0 Å². The number of rotatable bonds is 7. The molecule has 1 saturated heterocycles. The minimum absolute atomic E-state index is 0.363. The lowest BCUT2D eigenvalue weighted by atomic mass is 9.91. The zero-order valence-corrected chi connectivity index (χ0v) is 15.1. The summed E-state index contributed by atoms with van der Waals surface area (Å²) in [4.78, 5) is 21.7. The molecular weight excluding hydrogens is 344 g/mol. The number of ether oxygens (including phenoxy) is 1. The maximum absolute atomic E-state index is 10.9. The summed E-state index contributed by atoms with van der Waals surface area (Å²) in [5, 5.41) is 8.64. The highest BCUT2D eigenvalue weighted by Crippen LogP contribution is 2.31. The maximum Gasteiger partial charge on any atom is 0.209 e. The van der Waals surface area contributed by atoms with Gasteiger partial charge in [-0.25, -0.2) is 9.97 Å². The molecule has 0 atom stereocenters. The van der Waals surface area contributed by atoms with Crippen LogP contribution in [0.3, 0.4) is 0 Å². The van der Waals surface area contributed by atoms with Crippen LogP contribution in [0, 0.1) is 0 Å². The van der Waals surface area contributed by atoms with Crippen molar-refractivity contribution >= 4 is 17.3 Å². The number of amides is 1. The van der Waals surface area contributed by atoms with Gasteiger partial charge in [0.2, 0.25) is 6.41 Å². The molecule has 27 heavy (non-hydrogen) atoms. The number of piperidine rings is 1. The fourth-order valence-corrected chi connectivity index (χ4v) is 3.53. The molecule has 8 nitrogen and oxygen atoms in total. The van der Waals surface area contributed by atoms with Crippen LogP contribution in [0.2, 0.25) is 0 Å². The Bertz CT molecular complexity index is 890. The van der Waals surface area contributed by atoms with E-state index in [2.05, 4.69) is 20.2 Å². The molecule has 0 saturated carbocycles. The second-order valence-corrected chi connectivity index (χ2v) is 6.76. The summed E-state index contributed by atoms with van der Waals surface area (Å²) in [6, 6.07) is 6.00. The monoisotopic (exact) mass is 366 g/mol. The van der Waals surface area contributed by atoms with E-state index >= 15 is 0 Å². The summed E-state index contributed by atoms with van der Waals surface area (Å²) >= 11 is 0. The van der Waals surface area contributed by atoms with Crippen molar-refractivity contribution in [3.05, 3.63) is 42.9 Å². The molecule has 4 rings (SSSR count). The lowest BCUT2D eigenvalue weighted by Gasteiger charge is -2.29. The topological polar surface area (TPSA) is 86.0 Å². The van der Waals surface area contributed by atoms with E-state index in [-0.39, 0.29) is 0 Å². The molecule has 1 fully saturated rings. The summed E-state index contributed by atoms with van der Waals surface area (Å²) in [7, 11) is 0. The predicted octanol–water partition coefficient (Wildman–Crippen LogP) is 2.03. The number of carbonyl (C=O) groups excluding carboxylic acids is 1. The number of nitrogens with zero attached hydrogens (tertiary/aromatic N) is 6. The molecule has 0 N–H and O–H groups in total. The van der Waals surface area contributed by atoms with Crippen LogP contribution in [-0.2, 0) is 11.3 Å². The van der Waals surface area contributed by atoms with E-state index in [4.69, 9.17) is 4.74 Å². The van der Waals surface area contributed by atoms with E-state index in [9.17, 15) is 4.79 Å². The van der Waals surface area contributed by atoms with E-state index in [1.165, 1.54) is 0 Å². The van der Waals surface area contributed by atoms with Crippen LogP contribution >= 0.6 is 0 Å². The third-order valence-electron chi connectivity index (χ3n) is 5.00. The van der Waals surface area contributed by atoms with Gasteiger partial charge in [-0.05, 0) is 31.4 Å². The molecule has 1 aromatic carbocycles. The second-order valence-electron chi connectivity index (χ2n) is 6.76. The Morgan fingerprint density at radius 3 is 2.74 bits per heavy atom. The molecule has 0 unspecified atom stereocenters. The highest BCUT2D eigenvalue weighted by Gasteiger charge is 2.22. The van der Waals surface area contributed by atoms with Crippen molar-refractivity contribution in [3.8, 4) is 5.75 Å². The fraction of sp³-hybridized carbons (Fsp3) is 0.421. The van der Waals surface area contributed by atoms with Crippen molar-refractivity contribution in [3.63, 3.8) is 0 Å². The van der Waals surface area contributed by atoms with Gasteiger partial charge in [0, 0.05) is 37.0 Å². The number of benzene rings is 1. The first-order valence-electron chi connectivity index (χ1n) is 9.22. The van der Waals surface area contributed by atoms with Crippen molar-refractivity contribution in [2.75, 3.05) is 19.7 Å². The van der Waals surface area contributed by atoms with Crippen molar-refractivity contribution in [1.29, 1.82) is 0 Å². The van der Waals surface area contributed by atoms with E-state index in [1.807, 2.05) is 27.7 Å². The number of hydrogen-bond acceptors (Lipinski definition) is 6. The number of aryl methyl sites for hydroxylation is 1. The van der Waals surface area contributed by atoms with Crippen molar-refractivity contribution in [1.82, 2.24) is 29.6 Å². The highest BCUT2D eigenvalue weighted by molar-refractivity contribution is 5.82. The molecule has 3 heterocycles. The van der Waals surface area contributed by atoms with E-state index in [1.54, 1.807) is 19.0 Å². The minimum Gasteiger partial charge on any atom is -0.493 e. The van der Waals surface area contributed by atoms with Gasteiger partial charge in [-0.2, -0.15) is 0 Å². The summed E-state index contributed by atoms with van der Waals surface area (Å²) in [5.74, 6) is 1.17. The van der Waals surface area contributed by atoms with Gasteiger partial charge in [0.15, 0.2) is 0 Å². The standard InChI is InChI=1S/C19H22N6O2/c26-14-24-7-4-15(5-8-24)19-17-3-2-16(10-18(17)20-11-21-19)27-9-1-6-25-12-22-23-13-25/h2-3,10-15H,1,4-9H2. The van der Waals surface area contributed by atoms with Crippen LogP contribution in [0.5, 0.6) is 5.75 Å². The van der Waals surface area contributed by atoms with Crippen LogP contribution < -0.4 is 4.74 Å². The van der Waals surface area contributed by atoms with Gasteiger partial charge in [-0.15, -0.1) is 10.2 Å². The SMILES string of the molecule is O=CN1CCC(c2ncnc3cc(OCCCn4cnnc4)ccc23)CC1. The molecule has 3 aromatic rings. The molecule has 0 radical (unpaired) electrons. The first kappa shape index (κ1) is 17.4.